The summed E-state index contributed by atoms with van der Waals surface area (Å²) in [6, 6.07) is 12.8. The van der Waals surface area contributed by atoms with Crippen molar-refractivity contribution >= 4 is 17.4 Å². The molecule has 0 saturated heterocycles. The van der Waals surface area contributed by atoms with Crippen molar-refractivity contribution in [3.63, 3.8) is 0 Å². The van der Waals surface area contributed by atoms with Gasteiger partial charge in [0, 0.05) is 5.56 Å². The van der Waals surface area contributed by atoms with Gasteiger partial charge >= 0.3 is 0 Å². The first-order chi connectivity index (χ1) is 9.65. The number of hydrogen-bond donors (Lipinski definition) is 2. The zero-order valence-electron chi connectivity index (χ0n) is 11.0. The molecule has 0 spiro atoms. The molecule has 2 aromatic rings. The Morgan fingerprint density at radius 3 is 2.65 bits per heavy atom. The van der Waals surface area contributed by atoms with Crippen LogP contribution in [0.4, 0.5) is 0 Å². The Hall–Kier alpha value is -2.20. The summed E-state index contributed by atoms with van der Waals surface area (Å²) < 4.78 is 5.82. The van der Waals surface area contributed by atoms with Gasteiger partial charge in [-0.05, 0) is 36.2 Å². The maximum atomic E-state index is 8.64. The number of aryl methyl sites for hydroxylation is 1. The average Bonchev–Trinajstić information content (AvgIpc) is 2.49. The molecule has 0 heterocycles. The fourth-order valence-electron chi connectivity index (χ4n) is 1.81. The van der Waals surface area contributed by atoms with Gasteiger partial charge in [-0.3, -0.25) is 0 Å². The molecular formula is C15H15ClN2O2. The molecule has 0 aromatic heterocycles. The van der Waals surface area contributed by atoms with Crippen LogP contribution in [0.5, 0.6) is 11.5 Å². The summed E-state index contributed by atoms with van der Waals surface area (Å²) in [5.74, 6) is 1.31. The monoisotopic (exact) mass is 290 g/mol. The smallest absolute Gasteiger partial charge is 0.170 e. The molecule has 0 unspecified atom stereocenters. The molecule has 0 atom stereocenters. The van der Waals surface area contributed by atoms with E-state index in [-0.39, 0.29) is 5.84 Å². The van der Waals surface area contributed by atoms with Crippen molar-refractivity contribution in [2.45, 2.75) is 13.3 Å². The Bertz CT molecular complexity index is 642. The number of ether oxygens (including phenoxy) is 1. The second-order valence-corrected chi connectivity index (χ2v) is 4.60. The summed E-state index contributed by atoms with van der Waals surface area (Å²) in [7, 11) is 0. The van der Waals surface area contributed by atoms with Crippen molar-refractivity contribution in [1.82, 2.24) is 0 Å². The minimum atomic E-state index is 0.00686. The lowest BCUT2D eigenvalue weighted by Crippen LogP contribution is -2.12. The predicted molar refractivity (Wildman–Crippen MR) is 79.9 cm³/mol. The molecule has 0 aliphatic carbocycles. The number of nitrogens with two attached hydrogens (primary N) is 1. The summed E-state index contributed by atoms with van der Waals surface area (Å²) >= 11 is 6.16. The van der Waals surface area contributed by atoms with Crippen molar-refractivity contribution in [2.75, 3.05) is 0 Å². The maximum absolute atomic E-state index is 8.64. The molecule has 104 valence electrons. The zero-order chi connectivity index (χ0) is 14.5. The third-order valence-corrected chi connectivity index (χ3v) is 3.20. The fourth-order valence-corrected chi connectivity index (χ4v) is 2.03. The van der Waals surface area contributed by atoms with Crippen LogP contribution < -0.4 is 10.5 Å². The molecule has 5 heteroatoms. The molecule has 2 aromatic carbocycles. The minimum absolute atomic E-state index is 0.00686. The van der Waals surface area contributed by atoms with E-state index in [0.717, 1.165) is 17.7 Å². The second-order valence-electron chi connectivity index (χ2n) is 4.19. The largest absolute Gasteiger partial charge is 0.456 e. The van der Waals surface area contributed by atoms with E-state index in [1.807, 2.05) is 24.3 Å². The van der Waals surface area contributed by atoms with Crippen molar-refractivity contribution in [3.8, 4) is 11.5 Å². The molecule has 0 fully saturated rings. The topological polar surface area (TPSA) is 67.8 Å². The Balaban J connectivity index is 2.30. The van der Waals surface area contributed by atoms with Crippen LogP contribution in [-0.2, 0) is 6.42 Å². The molecule has 0 bridgehead atoms. The maximum Gasteiger partial charge on any atom is 0.170 e. The highest BCUT2D eigenvalue weighted by Gasteiger charge is 2.08. The van der Waals surface area contributed by atoms with Crippen molar-refractivity contribution < 1.29 is 9.94 Å². The molecule has 2 rings (SSSR count). The SMILES string of the molecule is CCc1ccccc1Oc1ccc(C(N)=NO)cc1Cl. The quantitative estimate of drug-likeness (QED) is 0.389. The lowest BCUT2D eigenvalue weighted by molar-refractivity contribution is 0.318. The number of nitrogens with zero attached hydrogens (tertiary/aromatic N) is 1. The van der Waals surface area contributed by atoms with Crippen LogP contribution in [0.1, 0.15) is 18.1 Å². The molecule has 0 amide bonds. The molecule has 3 N–H and O–H groups in total. The van der Waals surface area contributed by atoms with E-state index in [4.69, 9.17) is 27.3 Å². The Kier molecular flexibility index (Phi) is 4.48. The van der Waals surface area contributed by atoms with E-state index in [2.05, 4.69) is 12.1 Å². The summed E-state index contributed by atoms with van der Waals surface area (Å²) in [6.45, 7) is 2.06. The molecule has 0 radical (unpaired) electrons. The van der Waals surface area contributed by atoms with Gasteiger partial charge in [0.05, 0.1) is 5.02 Å². The normalized spacial score (nSPS) is 11.4. The van der Waals surface area contributed by atoms with E-state index >= 15 is 0 Å². The van der Waals surface area contributed by atoms with Gasteiger partial charge in [0.25, 0.3) is 0 Å². The van der Waals surface area contributed by atoms with Crippen LogP contribution in [-0.4, -0.2) is 11.0 Å². The highest BCUT2D eigenvalue weighted by Crippen LogP contribution is 2.32. The second kappa shape index (κ2) is 6.30. The van der Waals surface area contributed by atoms with Gasteiger partial charge in [-0.2, -0.15) is 0 Å². The van der Waals surface area contributed by atoms with Crippen LogP contribution >= 0.6 is 11.6 Å². The predicted octanol–water partition coefficient (Wildman–Crippen LogP) is 3.79. The number of hydrogen-bond acceptors (Lipinski definition) is 3. The summed E-state index contributed by atoms with van der Waals surface area (Å²) in [5.41, 5.74) is 7.15. The lowest BCUT2D eigenvalue weighted by atomic mass is 10.1. The average molecular weight is 291 g/mol. The molecule has 20 heavy (non-hydrogen) atoms. The summed E-state index contributed by atoms with van der Waals surface area (Å²) in [4.78, 5) is 0. The van der Waals surface area contributed by atoms with E-state index in [1.165, 1.54) is 0 Å². The molecular weight excluding hydrogens is 276 g/mol. The van der Waals surface area contributed by atoms with Gasteiger partial charge in [-0.1, -0.05) is 41.9 Å². The van der Waals surface area contributed by atoms with Gasteiger partial charge in [0.2, 0.25) is 0 Å². The molecule has 4 nitrogen and oxygen atoms in total. The van der Waals surface area contributed by atoms with Gasteiger partial charge < -0.3 is 15.7 Å². The van der Waals surface area contributed by atoms with Gasteiger partial charge in [-0.25, -0.2) is 0 Å². The van der Waals surface area contributed by atoms with E-state index in [0.29, 0.717) is 16.3 Å². The Morgan fingerprint density at radius 1 is 1.25 bits per heavy atom. The number of halogens is 1. The molecule has 0 aliphatic heterocycles. The number of amidine groups is 1. The number of oxime groups is 1. The van der Waals surface area contributed by atoms with Crippen molar-refractivity contribution in [2.24, 2.45) is 10.9 Å². The van der Waals surface area contributed by atoms with Crippen molar-refractivity contribution in [1.29, 1.82) is 0 Å². The van der Waals surface area contributed by atoms with Gasteiger partial charge in [0.1, 0.15) is 11.5 Å². The number of benzene rings is 2. The molecule has 0 saturated carbocycles. The van der Waals surface area contributed by atoms with E-state index in [1.54, 1.807) is 18.2 Å². The third-order valence-electron chi connectivity index (χ3n) is 2.91. The van der Waals surface area contributed by atoms with Gasteiger partial charge in [0.15, 0.2) is 5.84 Å². The van der Waals surface area contributed by atoms with Crippen LogP contribution in [0.2, 0.25) is 5.02 Å². The number of para-hydroxylation sites is 1. The van der Waals surface area contributed by atoms with E-state index in [9.17, 15) is 0 Å². The highest BCUT2D eigenvalue weighted by atomic mass is 35.5. The van der Waals surface area contributed by atoms with Crippen LogP contribution in [0, 0.1) is 0 Å². The van der Waals surface area contributed by atoms with E-state index < -0.39 is 0 Å². The summed E-state index contributed by atoms with van der Waals surface area (Å²) in [5, 5.41) is 12.0. The standard InChI is InChI=1S/C15H15ClN2O2/c1-2-10-5-3-4-6-13(10)20-14-8-7-11(9-12(14)16)15(17)18-19/h3-9,19H,2H2,1H3,(H2,17,18). The van der Waals surface area contributed by atoms with Crippen LogP contribution in [0.3, 0.4) is 0 Å². The first kappa shape index (κ1) is 14.2. The van der Waals surface area contributed by atoms with Crippen LogP contribution in [0.25, 0.3) is 0 Å². The highest BCUT2D eigenvalue weighted by molar-refractivity contribution is 6.32. The Morgan fingerprint density at radius 2 is 2.00 bits per heavy atom. The number of rotatable bonds is 4. The Labute approximate surface area is 122 Å². The summed E-state index contributed by atoms with van der Waals surface area (Å²) in [6.07, 6.45) is 0.871. The first-order valence-electron chi connectivity index (χ1n) is 6.19. The van der Waals surface area contributed by atoms with Crippen molar-refractivity contribution in [3.05, 3.63) is 58.6 Å². The third kappa shape index (κ3) is 3.03. The fraction of sp³-hybridized carbons (Fsp3) is 0.133. The molecule has 0 aliphatic rings. The lowest BCUT2D eigenvalue weighted by Gasteiger charge is -2.11. The zero-order valence-corrected chi connectivity index (χ0v) is 11.8. The first-order valence-corrected chi connectivity index (χ1v) is 6.56. The van der Waals surface area contributed by atoms with Gasteiger partial charge in [-0.15, -0.1) is 0 Å². The van der Waals surface area contributed by atoms with Crippen LogP contribution in [0.15, 0.2) is 47.6 Å². The minimum Gasteiger partial charge on any atom is -0.456 e.